The van der Waals surface area contributed by atoms with Crippen LogP contribution in [0.25, 0.3) is 202 Å². The number of hydrogen-bond acceptors (Lipinski definition) is 5. The first-order chi connectivity index (χ1) is 62.8. The maximum atomic E-state index is 15.2. The standard InChI is InChI=1S/C48H33N3.C34H23N3.C33H15F5N2/c1-48(2)40-16-10-9-15-35(40)36-23-20-34(28-41(36)48)51-43-25-26-49-29-39(43)47-38-22-17-30-19-24-42(37-21-18-31(27-44(47)51)46(38)45(30)37)50(32-11-5-3-6-12-32)33-13-7-4-8-14-33;1-36(24-8-4-2-5-9-24)29-17-14-22-12-16-27-33-23(13-15-26(29)32(22)33)20-31-34(27)28-21-35-19-18-30(28)37(31)25-10-6-3-7-11-25;34-28-29(35)31(37)33(32(38)30(28)36)40-23-12-13-39-15-22(23)27-21-11-7-17-6-9-19(16-4-2-1-3-5-16)20-10-8-18(14-24(27)40)26(21)25(17)20/h3-29H,1-2H3;2-21H,1H3;1-15H. The fourth-order valence-corrected chi connectivity index (χ4v) is 21.4. The maximum absolute atomic E-state index is 15.2. The lowest BCUT2D eigenvalue weighted by Crippen LogP contribution is -2.15. The molecule has 128 heavy (non-hydrogen) atoms. The van der Waals surface area contributed by atoms with Crippen molar-refractivity contribution in [2.24, 2.45) is 0 Å². The molecule has 606 valence electrons. The molecule has 26 aromatic rings. The zero-order valence-electron chi connectivity index (χ0n) is 69.3. The molecule has 6 heterocycles. The van der Waals surface area contributed by atoms with E-state index in [1.807, 2.05) is 73.2 Å². The number of pyridine rings is 3. The summed E-state index contributed by atoms with van der Waals surface area (Å²) in [6, 6.07) is 120. The Hall–Kier alpha value is -16.4. The lowest BCUT2D eigenvalue weighted by molar-refractivity contribution is 0.376. The van der Waals surface area contributed by atoms with Crippen LogP contribution in [0.15, 0.2) is 377 Å². The second kappa shape index (κ2) is 28.3. The van der Waals surface area contributed by atoms with Gasteiger partial charge in [-0.3, -0.25) is 15.0 Å². The molecule has 1 aliphatic rings. The van der Waals surface area contributed by atoms with Crippen LogP contribution in [-0.2, 0) is 5.41 Å². The molecular weight excluding hydrogens is 1590 g/mol. The summed E-state index contributed by atoms with van der Waals surface area (Å²) < 4.78 is 78.9. The van der Waals surface area contributed by atoms with Crippen LogP contribution < -0.4 is 9.80 Å². The van der Waals surface area contributed by atoms with Gasteiger partial charge in [-0.15, -0.1) is 0 Å². The van der Waals surface area contributed by atoms with Crippen LogP contribution in [0.3, 0.4) is 0 Å². The number of hydrogen-bond donors (Lipinski definition) is 0. The molecular formula is C115H71F5N8. The van der Waals surface area contributed by atoms with Gasteiger partial charge in [-0.05, 0) is 229 Å². The van der Waals surface area contributed by atoms with E-state index in [-0.39, 0.29) is 10.9 Å². The third-order valence-electron chi connectivity index (χ3n) is 27.0. The molecule has 1 aliphatic carbocycles. The molecule has 0 radical (unpaired) electrons. The molecule has 0 unspecified atom stereocenters. The van der Waals surface area contributed by atoms with E-state index in [0.29, 0.717) is 16.3 Å². The smallest absolute Gasteiger partial charge is 0.200 e. The Balaban J connectivity index is 0.000000106. The monoisotopic (exact) mass is 1660 g/mol. The van der Waals surface area contributed by atoms with E-state index in [0.717, 1.165) is 65.1 Å². The van der Waals surface area contributed by atoms with Crippen molar-refractivity contribution in [3.05, 3.63) is 417 Å². The Morgan fingerprint density at radius 3 is 1.15 bits per heavy atom. The number of fused-ring (bicyclic) bond motifs is 15. The Kier molecular flexibility index (Phi) is 16.4. The van der Waals surface area contributed by atoms with Crippen molar-refractivity contribution in [1.82, 2.24) is 28.7 Å². The molecule has 0 aliphatic heterocycles. The van der Waals surface area contributed by atoms with Gasteiger partial charge in [-0.25, -0.2) is 22.0 Å². The third-order valence-corrected chi connectivity index (χ3v) is 27.0. The lowest BCUT2D eigenvalue weighted by Gasteiger charge is -2.27. The molecule has 27 rings (SSSR count). The zero-order chi connectivity index (χ0) is 85.6. The summed E-state index contributed by atoms with van der Waals surface area (Å²) in [6.07, 6.45) is 10.9. The van der Waals surface area contributed by atoms with E-state index >= 15 is 8.78 Å². The number of rotatable bonds is 9. The van der Waals surface area contributed by atoms with Gasteiger partial charge in [0.1, 0.15) is 5.69 Å². The number of anilines is 5. The number of nitrogens with zero attached hydrogens (tertiary/aromatic N) is 8. The van der Waals surface area contributed by atoms with Crippen LogP contribution in [0.2, 0.25) is 0 Å². The van der Waals surface area contributed by atoms with Crippen LogP contribution in [0.4, 0.5) is 50.4 Å². The number of benzene rings is 20. The Labute approximate surface area is 729 Å². The molecule has 8 nitrogen and oxygen atoms in total. The van der Waals surface area contributed by atoms with Gasteiger partial charge < -0.3 is 23.5 Å². The maximum Gasteiger partial charge on any atom is 0.200 e. The second-order valence-corrected chi connectivity index (χ2v) is 34.0. The highest BCUT2D eigenvalue weighted by atomic mass is 19.2. The summed E-state index contributed by atoms with van der Waals surface area (Å²) in [5.41, 5.74) is 20.0. The van der Waals surface area contributed by atoms with Crippen LogP contribution in [0.1, 0.15) is 25.0 Å². The van der Waals surface area contributed by atoms with Crippen LogP contribution in [-0.4, -0.2) is 35.7 Å². The highest BCUT2D eigenvalue weighted by molar-refractivity contribution is 6.37. The Bertz CT molecular complexity index is 9000. The molecule has 0 N–H and O–H groups in total. The third kappa shape index (κ3) is 10.8. The second-order valence-electron chi connectivity index (χ2n) is 34.0. The van der Waals surface area contributed by atoms with E-state index in [4.69, 9.17) is 0 Å². The average Bonchev–Trinajstić information content (AvgIpc) is 1.54. The van der Waals surface area contributed by atoms with Crippen molar-refractivity contribution in [2.45, 2.75) is 19.3 Å². The quantitative estimate of drug-likeness (QED) is 0.0624. The predicted octanol–water partition coefficient (Wildman–Crippen LogP) is 31.1. The first-order valence-electron chi connectivity index (χ1n) is 42.9. The van der Waals surface area contributed by atoms with Crippen LogP contribution in [0.5, 0.6) is 0 Å². The molecule has 0 fully saturated rings. The van der Waals surface area contributed by atoms with Gasteiger partial charge in [0, 0.05) is 127 Å². The van der Waals surface area contributed by atoms with Crippen molar-refractivity contribution in [1.29, 1.82) is 0 Å². The fourth-order valence-electron chi connectivity index (χ4n) is 21.4. The number of halogens is 5. The molecule has 0 bridgehead atoms. The minimum Gasteiger partial charge on any atom is -0.344 e. The largest absolute Gasteiger partial charge is 0.344 e. The van der Waals surface area contributed by atoms with E-state index in [2.05, 4.69) is 334 Å². The summed E-state index contributed by atoms with van der Waals surface area (Å²) in [7, 11) is 2.15. The molecule has 13 heteroatoms. The Morgan fingerprint density at radius 2 is 0.625 bits per heavy atom. The molecule has 0 atom stereocenters. The highest BCUT2D eigenvalue weighted by Crippen LogP contribution is 2.54. The van der Waals surface area contributed by atoms with Gasteiger partial charge in [0.25, 0.3) is 0 Å². The van der Waals surface area contributed by atoms with Gasteiger partial charge >= 0.3 is 0 Å². The van der Waals surface area contributed by atoms with Crippen LogP contribution >= 0.6 is 0 Å². The lowest BCUT2D eigenvalue weighted by atomic mass is 9.82. The van der Waals surface area contributed by atoms with Gasteiger partial charge in [-0.1, -0.05) is 244 Å². The van der Waals surface area contributed by atoms with Gasteiger partial charge in [0.2, 0.25) is 5.82 Å². The first-order valence-corrected chi connectivity index (χ1v) is 42.9. The van der Waals surface area contributed by atoms with Gasteiger partial charge in [-0.2, -0.15) is 0 Å². The van der Waals surface area contributed by atoms with Gasteiger partial charge in [0.15, 0.2) is 23.3 Å². The fraction of sp³-hybridized carbons (Fsp3) is 0.0348. The highest BCUT2D eigenvalue weighted by Gasteiger charge is 2.37. The summed E-state index contributed by atoms with van der Waals surface area (Å²) in [6.45, 7) is 4.71. The Morgan fingerprint density at radius 1 is 0.258 bits per heavy atom. The van der Waals surface area contributed by atoms with E-state index < -0.39 is 34.8 Å². The minimum absolute atomic E-state index is 0.0793. The molecule has 20 aromatic carbocycles. The first kappa shape index (κ1) is 74.3. The molecule has 0 amide bonds. The predicted molar refractivity (Wildman–Crippen MR) is 519 cm³/mol. The minimum atomic E-state index is -2.20. The summed E-state index contributed by atoms with van der Waals surface area (Å²) in [5.74, 6) is -9.99. The van der Waals surface area contributed by atoms with E-state index in [9.17, 15) is 13.2 Å². The van der Waals surface area contributed by atoms with Crippen LogP contribution in [0, 0.1) is 29.1 Å². The van der Waals surface area contributed by atoms with Crippen molar-refractivity contribution in [3.63, 3.8) is 0 Å². The van der Waals surface area contributed by atoms with Crippen molar-refractivity contribution < 1.29 is 22.0 Å². The molecule has 6 aromatic heterocycles. The SMILES string of the molecule is CC1(C)c2ccccc2-c2ccc(-n3c4ccncc4c4c5ccc6ccc(N(c7ccccc7)c7ccccc7)c7ccc(cc43)c5c67)cc21.CN(c1ccccc1)c1ccc2ccc3c4c(ccc1c24)cc1c3c2cnccc2n1-c1ccccc1.Fc1c(F)c(F)c(-n2c3ccncc3c3c4ccc5ccc(-c6ccccc6)c6ccc(cc32)c4c56)c(F)c1F. The molecule has 0 saturated carbocycles. The topological polar surface area (TPSA) is 59.9 Å². The summed E-state index contributed by atoms with van der Waals surface area (Å²) in [5, 5.41) is 26.9. The van der Waals surface area contributed by atoms with Crippen molar-refractivity contribution in [2.75, 3.05) is 16.8 Å². The summed E-state index contributed by atoms with van der Waals surface area (Å²) in [4.78, 5) is 18.1. The normalized spacial score (nSPS) is 12.6. The molecule has 0 saturated heterocycles. The average molecular weight is 1660 g/mol. The van der Waals surface area contributed by atoms with E-state index in [1.54, 1.807) is 12.3 Å². The number of aromatic nitrogens is 6. The summed E-state index contributed by atoms with van der Waals surface area (Å²) >= 11 is 0. The van der Waals surface area contributed by atoms with Gasteiger partial charge in [0.05, 0.1) is 38.8 Å². The van der Waals surface area contributed by atoms with E-state index in [1.165, 1.54) is 166 Å². The zero-order valence-corrected chi connectivity index (χ0v) is 69.3. The van der Waals surface area contributed by atoms with Crippen molar-refractivity contribution in [3.8, 4) is 39.3 Å². The van der Waals surface area contributed by atoms with Crippen molar-refractivity contribution >= 4 is 191 Å². The number of para-hydroxylation sites is 4. The molecule has 0 spiro atoms.